The number of para-hydroxylation sites is 1. The average molecular weight is 639 g/mol. The van der Waals surface area contributed by atoms with Gasteiger partial charge in [0.15, 0.2) is 0 Å². The summed E-state index contributed by atoms with van der Waals surface area (Å²) < 4.78 is 10.9. The predicted octanol–water partition coefficient (Wildman–Crippen LogP) is 9.99. The Kier molecular flexibility index (Phi) is 6.33. The van der Waals surface area contributed by atoms with Crippen LogP contribution in [0.5, 0.6) is 17.4 Å². The van der Waals surface area contributed by atoms with Crippen molar-refractivity contribution in [3.05, 3.63) is 168 Å². The molecule has 0 bridgehead atoms. The number of aromatic hydroxyl groups is 1. The highest BCUT2D eigenvalue weighted by atomic mass is 16.5. The monoisotopic (exact) mass is 638 g/mol. The lowest BCUT2D eigenvalue weighted by Crippen LogP contribution is -2.34. The number of hydrogen-bond donors (Lipinski definition) is 1. The van der Waals surface area contributed by atoms with E-state index in [1.54, 1.807) is 6.07 Å². The van der Waals surface area contributed by atoms with Crippen LogP contribution in [0.2, 0.25) is 0 Å². The Morgan fingerprint density at radius 2 is 1.39 bits per heavy atom. The van der Waals surface area contributed by atoms with E-state index in [-0.39, 0.29) is 11.2 Å². The molecular weight excluding hydrogens is 604 g/mol. The lowest BCUT2D eigenvalue weighted by Gasteiger charge is -2.34. The van der Waals surface area contributed by atoms with Crippen LogP contribution in [0.1, 0.15) is 43.0 Å². The van der Waals surface area contributed by atoms with Gasteiger partial charge in [0.25, 0.3) is 0 Å². The maximum absolute atomic E-state index is 11.2. The third kappa shape index (κ3) is 4.34. The topological polar surface area (TPSA) is 65.1 Å². The number of nitrogens with zero attached hydrogens (tertiary/aromatic N) is 4. The standard InChI is InChI=1S/C43H34N4O2/c1-42(2,3)30-22-24-44-38(26-30)47-35-17-11-10-16-32(35)33-19-18-31(27-36(33)47)49-39-21-20-34-40(45-39)41-37(48)23-25-46(41)43(34,28-12-6-4-7-13-28)29-14-8-5-9-15-29/h4-27,48H,1-3H3. The van der Waals surface area contributed by atoms with Gasteiger partial charge in [-0.3, -0.25) is 4.57 Å². The van der Waals surface area contributed by atoms with Crippen LogP contribution in [0, 0.1) is 0 Å². The lowest BCUT2D eigenvalue weighted by atomic mass is 9.78. The van der Waals surface area contributed by atoms with E-state index in [0.717, 1.165) is 44.3 Å². The molecule has 1 aliphatic rings. The summed E-state index contributed by atoms with van der Waals surface area (Å²) in [6.07, 6.45) is 3.84. The van der Waals surface area contributed by atoms with E-state index in [1.807, 2.05) is 36.7 Å². The van der Waals surface area contributed by atoms with Crippen molar-refractivity contribution >= 4 is 21.8 Å². The summed E-state index contributed by atoms with van der Waals surface area (Å²) in [6, 6.07) is 45.4. The van der Waals surface area contributed by atoms with Crippen LogP contribution < -0.4 is 4.74 Å². The summed E-state index contributed by atoms with van der Waals surface area (Å²) >= 11 is 0. The van der Waals surface area contributed by atoms with Crippen molar-refractivity contribution < 1.29 is 9.84 Å². The van der Waals surface area contributed by atoms with Crippen molar-refractivity contribution in [2.75, 3.05) is 0 Å². The zero-order valence-electron chi connectivity index (χ0n) is 27.5. The van der Waals surface area contributed by atoms with Crippen LogP contribution in [-0.2, 0) is 11.0 Å². The molecule has 49 heavy (non-hydrogen) atoms. The second-order valence-corrected chi connectivity index (χ2v) is 13.7. The molecule has 1 aliphatic heterocycles. The molecule has 6 heteroatoms. The molecule has 0 unspecified atom stereocenters. The van der Waals surface area contributed by atoms with Crippen LogP contribution in [0.25, 0.3) is 39.0 Å². The quantitative estimate of drug-likeness (QED) is 0.204. The molecule has 0 spiro atoms. The predicted molar refractivity (Wildman–Crippen MR) is 195 cm³/mol. The molecule has 1 N–H and O–H groups in total. The SMILES string of the molecule is CC(C)(C)c1ccnc(-n2c3ccccc3c3ccc(Oc4ccc5c(n4)-c4c(O)ccn4C5(c4ccccc4)c4ccccc4)cc32)c1. The highest BCUT2D eigenvalue weighted by Gasteiger charge is 2.48. The number of pyridine rings is 2. The Bertz CT molecular complexity index is 2480. The minimum absolute atomic E-state index is 0.0170. The van der Waals surface area contributed by atoms with Crippen molar-refractivity contribution in [2.45, 2.75) is 31.7 Å². The van der Waals surface area contributed by atoms with Gasteiger partial charge in [0.1, 0.15) is 34.2 Å². The number of ether oxygens (including phenoxy) is 1. The summed E-state index contributed by atoms with van der Waals surface area (Å²) in [7, 11) is 0. The van der Waals surface area contributed by atoms with E-state index >= 15 is 0 Å². The van der Waals surface area contributed by atoms with Crippen LogP contribution in [0.4, 0.5) is 0 Å². The molecule has 0 saturated carbocycles. The van der Waals surface area contributed by atoms with Gasteiger partial charge in [-0.05, 0) is 64.6 Å². The molecule has 4 aromatic heterocycles. The molecule has 9 rings (SSSR count). The van der Waals surface area contributed by atoms with Gasteiger partial charge < -0.3 is 14.4 Å². The fraction of sp³-hybridized carbons (Fsp3) is 0.116. The summed E-state index contributed by atoms with van der Waals surface area (Å²) in [5.74, 6) is 2.14. The van der Waals surface area contributed by atoms with E-state index < -0.39 is 5.54 Å². The second kappa shape index (κ2) is 10.7. The van der Waals surface area contributed by atoms with Gasteiger partial charge in [-0.25, -0.2) is 9.97 Å². The van der Waals surface area contributed by atoms with Crippen LogP contribution in [0.3, 0.4) is 0 Å². The van der Waals surface area contributed by atoms with Crippen LogP contribution >= 0.6 is 0 Å². The van der Waals surface area contributed by atoms with Gasteiger partial charge in [0.2, 0.25) is 5.88 Å². The molecule has 0 aliphatic carbocycles. The van der Waals surface area contributed by atoms with E-state index in [1.165, 1.54) is 5.56 Å². The van der Waals surface area contributed by atoms with Crippen molar-refractivity contribution in [3.8, 4) is 34.6 Å². The highest BCUT2D eigenvalue weighted by Crippen LogP contribution is 2.54. The summed E-state index contributed by atoms with van der Waals surface area (Å²) in [5.41, 5.74) is 7.04. The summed E-state index contributed by atoms with van der Waals surface area (Å²) in [6.45, 7) is 6.65. The van der Waals surface area contributed by atoms with Crippen molar-refractivity contribution in [1.29, 1.82) is 0 Å². The van der Waals surface area contributed by atoms with Gasteiger partial charge >= 0.3 is 0 Å². The summed E-state index contributed by atoms with van der Waals surface area (Å²) in [4.78, 5) is 9.91. The molecular formula is C43H34N4O2. The Balaban J connectivity index is 1.19. The molecule has 8 aromatic rings. The Hall–Kier alpha value is -6.14. The smallest absolute Gasteiger partial charge is 0.219 e. The number of fused-ring (bicyclic) bond motifs is 6. The zero-order chi connectivity index (χ0) is 33.3. The zero-order valence-corrected chi connectivity index (χ0v) is 27.5. The van der Waals surface area contributed by atoms with Gasteiger partial charge in [-0.15, -0.1) is 0 Å². The first kappa shape index (κ1) is 29.0. The fourth-order valence-electron chi connectivity index (χ4n) is 7.54. The lowest BCUT2D eigenvalue weighted by molar-refractivity contribution is 0.463. The molecule has 0 amide bonds. The largest absolute Gasteiger partial charge is 0.506 e. The third-order valence-electron chi connectivity index (χ3n) is 9.80. The minimum Gasteiger partial charge on any atom is -0.506 e. The number of hydrogen-bond acceptors (Lipinski definition) is 4. The van der Waals surface area contributed by atoms with Crippen LogP contribution in [-0.4, -0.2) is 24.2 Å². The second-order valence-electron chi connectivity index (χ2n) is 13.7. The van der Waals surface area contributed by atoms with Crippen molar-refractivity contribution in [3.63, 3.8) is 0 Å². The van der Waals surface area contributed by atoms with Gasteiger partial charge in [-0.2, -0.15) is 0 Å². The average Bonchev–Trinajstić information content (AvgIpc) is 3.76. The molecule has 5 heterocycles. The number of benzene rings is 4. The van der Waals surface area contributed by atoms with E-state index in [9.17, 15) is 5.11 Å². The van der Waals surface area contributed by atoms with Crippen molar-refractivity contribution in [2.24, 2.45) is 0 Å². The van der Waals surface area contributed by atoms with E-state index in [2.05, 4.69) is 133 Å². The van der Waals surface area contributed by atoms with Gasteiger partial charge in [0, 0.05) is 40.9 Å². The fourth-order valence-corrected chi connectivity index (χ4v) is 7.54. The molecule has 0 atom stereocenters. The molecule has 0 radical (unpaired) electrons. The Morgan fingerprint density at radius 1 is 0.694 bits per heavy atom. The molecule has 0 saturated heterocycles. The van der Waals surface area contributed by atoms with Gasteiger partial charge in [0.05, 0.1) is 11.0 Å². The van der Waals surface area contributed by atoms with Crippen molar-refractivity contribution in [1.82, 2.24) is 19.1 Å². The molecule has 4 aromatic carbocycles. The molecule has 6 nitrogen and oxygen atoms in total. The van der Waals surface area contributed by atoms with Crippen LogP contribution in [0.15, 0.2) is 146 Å². The Labute approximate surface area is 284 Å². The first-order valence-electron chi connectivity index (χ1n) is 16.6. The molecule has 238 valence electrons. The number of aromatic nitrogens is 4. The maximum atomic E-state index is 11.2. The summed E-state index contributed by atoms with van der Waals surface area (Å²) in [5, 5.41) is 13.5. The third-order valence-corrected chi connectivity index (χ3v) is 9.80. The van der Waals surface area contributed by atoms with E-state index in [0.29, 0.717) is 23.0 Å². The molecule has 0 fully saturated rings. The Morgan fingerprint density at radius 3 is 2.12 bits per heavy atom. The minimum atomic E-state index is -0.714. The van der Waals surface area contributed by atoms with Gasteiger partial charge in [-0.1, -0.05) is 99.6 Å². The highest BCUT2D eigenvalue weighted by molar-refractivity contribution is 6.09. The number of rotatable bonds is 5. The van der Waals surface area contributed by atoms with E-state index in [4.69, 9.17) is 14.7 Å². The first-order chi connectivity index (χ1) is 23.8. The first-order valence-corrected chi connectivity index (χ1v) is 16.6. The normalized spacial score (nSPS) is 13.4. The maximum Gasteiger partial charge on any atom is 0.219 e.